The maximum atomic E-state index is 11.3. The first-order valence-electron chi connectivity index (χ1n) is 6.12. The average Bonchev–Trinajstić information content (AvgIpc) is 2.23. The van der Waals surface area contributed by atoms with Crippen LogP contribution in [0, 0.1) is 12.3 Å². The van der Waals surface area contributed by atoms with Gasteiger partial charge in [-0.3, -0.25) is 4.79 Å². The molecule has 0 saturated carbocycles. The summed E-state index contributed by atoms with van der Waals surface area (Å²) in [4.78, 5) is 11.3. The Balaban J connectivity index is 3.85. The number of terminal acetylenes is 1. The highest BCUT2D eigenvalue weighted by Crippen LogP contribution is 2.04. The van der Waals surface area contributed by atoms with Crippen molar-refractivity contribution in [3.63, 3.8) is 0 Å². The summed E-state index contributed by atoms with van der Waals surface area (Å²) in [7, 11) is -0.251. The van der Waals surface area contributed by atoms with E-state index in [4.69, 9.17) is 6.42 Å². The van der Waals surface area contributed by atoms with Gasteiger partial charge in [0.15, 0.2) is 0 Å². The molecule has 0 atom stereocenters. The number of carbonyl (C=O) groups excluding carboxylic acids is 1. The lowest BCUT2D eigenvalue weighted by molar-refractivity contribution is -0.890. The molecule has 6 nitrogen and oxygen atoms in total. The minimum Gasteiger partial charge on any atom is -0.748 e. The molecule has 0 radical (unpaired) electrons. The summed E-state index contributed by atoms with van der Waals surface area (Å²) in [6.45, 7) is 1.56. The minimum absolute atomic E-state index is 0.0833. The van der Waals surface area contributed by atoms with Crippen LogP contribution in [0.1, 0.15) is 19.3 Å². The van der Waals surface area contributed by atoms with Crippen LogP contribution in [-0.4, -0.2) is 62.8 Å². The number of nitrogens with zero attached hydrogens (tertiary/aromatic N) is 1. The third-order valence-electron chi connectivity index (χ3n) is 2.71. The van der Waals surface area contributed by atoms with Gasteiger partial charge in [0.05, 0.1) is 43.8 Å². The molecule has 0 bridgehead atoms. The van der Waals surface area contributed by atoms with Crippen molar-refractivity contribution in [3.8, 4) is 12.3 Å². The van der Waals surface area contributed by atoms with Crippen LogP contribution < -0.4 is 5.32 Å². The van der Waals surface area contributed by atoms with E-state index < -0.39 is 10.1 Å². The lowest BCUT2D eigenvalue weighted by Gasteiger charge is -2.30. The Bertz CT molecular complexity index is 424. The normalized spacial score (nSPS) is 11.9. The van der Waals surface area contributed by atoms with Crippen LogP contribution in [0.4, 0.5) is 0 Å². The van der Waals surface area contributed by atoms with Crippen LogP contribution in [0.25, 0.3) is 0 Å². The molecule has 0 aliphatic rings. The van der Waals surface area contributed by atoms with Crippen molar-refractivity contribution in [1.29, 1.82) is 0 Å². The molecule has 0 aromatic carbocycles. The number of quaternary nitrogens is 1. The molecule has 110 valence electrons. The molecule has 7 heteroatoms. The molecule has 0 spiro atoms. The largest absolute Gasteiger partial charge is 0.748 e. The maximum absolute atomic E-state index is 11.3. The van der Waals surface area contributed by atoms with Gasteiger partial charge in [0, 0.05) is 25.0 Å². The van der Waals surface area contributed by atoms with E-state index in [0.29, 0.717) is 30.3 Å². The fourth-order valence-electron chi connectivity index (χ4n) is 1.69. The van der Waals surface area contributed by atoms with Crippen LogP contribution in [0.5, 0.6) is 0 Å². The van der Waals surface area contributed by atoms with Crippen LogP contribution in [-0.2, 0) is 14.9 Å². The van der Waals surface area contributed by atoms with Crippen molar-refractivity contribution in [1.82, 2.24) is 5.32 Å². The summed E-state index contributed by atoms with van der Waals surface area (Å²) < 4.78 is 32.0. The van der Waals surface area contributed by atoms with Crippen molar-refractivity contribution in [2.24, 2.45) is 0 Å². The van der Waals surface area contributed by atoms with Gasteiger partial charge in [0.1, 0.15) is 0 Å². The second-order valence-corrected chi connectivity index (χ2v) is 6.61. The maximum Gasteiger partial charge on any atom is 0.220 e. The standard InChI is InChI=1S/C12H22N2O4S/c1-4-8-13-12(15)7-5-9-14(2,3)10-6-11-19(16,17)18/h1H,5-11H2,2-3H3,(H-,13,15,16,17,18). The van der Waals surface area contributed by atoms with Gasteiger partial charge in [-0.1, -0.05) is 5.92 Å². The molecule has 0 fully saturated rings. The second kappa shape index (κ2) is 8.15. The molecule has 19 heavy (non-hydrogen) atoms. The first kappa shape index (κ1) is 17.9. The number of hydrogen-bond acceptors (Lipinski definition) is 4. The van der Waals surface area contributed by atoms with E-state index in [1.54, 1.807) is 0 Å². The van der Waals surface area contributed by atoms with Crippen molar-refractivity contribution in [2.45, 2.75) is 19.3 Å². The number of rotatable bonds is 9. The van der Waals surface area contributed by atoms with Gasteiger partial charge in [-0.25, -0.2) is 8.42 Å². The van der Waals surface area contributed by atoms with Gasteiger partial charge in [-0.15, -0.1) is 6.42 Å². The Morgan fingerprint density at radius 2 is 1.89 bits per heavy atom. The van der Waals surface area contributed by atoms with E-state index in [2.05, 4.69) is 11.2 Å². The number of hydrogen-bond donors (Lipinski definition) is 1. The minimum atomic E-state index is -4.13. The summed E-state index contributed by atoms with van der Waals surface area (Å²) in [5.74, 6) is 1.91. The van der Waals surface area contributed by atoms with Crippen molar-refractivity contribution >= 4 is 16.0 Å². The molecule has 0 saturated heterocycles. The lowest BCUT2D eigenvalue weighted by atomic mass is 10.2. The topological polar surface area (TPSA) is 86.3 Å². The fourth-order valence-corrected chi connectivity index (χ4v) is 2.17. The van der Waals surface area contributed by atoms with Crippen molar-refractivity contribution in [3.05, 3.63) is 0 Å². The molecular formula is C12H22N2O4S. The molecular weight excluding hydrogens is 268 g/mol. The summed E-state index contributed by atoms with van der Waals surface area (Å²) in [6.07, 6.45) is 6.44. The summed E-state index contributed by atoms with van der Waals surface area (Å²) in [5.41, 5.74) is 0. The first-order valence-corrected chi connectivity index (χ1v) is 7.70. The Labute approximate surface area is 115 Å². The molecule has 1 N–H and O–H groups in total. The zero-order valence-corrected chi connectivity index (χ0v) is 12.3. The van der Waals surface area contributed by atoms with Crippen LogP contribution in [0.3, 0.4) is 0 Å². The molecule has 0 aromatic rings. The molecule has 1 amide bonds. The van der Waals surface area contributed by atoms with Crippen molar-refractivity contribution < 1.29 is 22.2 Å². The van der Waals surface area contributed by atoms with Gasteiger partial charge < -0.3 is 14.4 Å². The van der Waals surface area contributed by atoms with Crippen LogP contribution in [0.2, 0.25) is 0 Å². The third kappa shape index (κ3) is 11.7. The molecule has 0 heterocycles. The van der Waals surface area contributed by atoms with Gasteiger partial charge in [-0.05, 0) is 0 Å². The monoisotopic (exact) mass is 290 g/mol. The molecule has 0 unspecified atom stereocenters. The van der Waals surface area contributed by atoms with E-state index in [1.807, 2.05) is 14.1 Å². The Morgan fingerprint density at radius 1 is 1.32 bits per heavy atom. The SMILES string of the molecule is C#CCNC(=O)CCC[N+](C)(C)CCCS(=O)(=O)[O-]. The summed E-state index contributed by atoms with van der Waals surface area (Å²) in [6, 6.07) is 0. The predicted octanol–water partition coefficient (Wildman–Crippen LogP) is -0.472. The third-order valence-corrected chi connectivity index (χ3v) is 3.50. The number of nitrogens with one attached hydrogen (secondary N) is 1. The van der Waals surface area contributed by atoms with Crippen LogP contribution >= 0.6 is 0 Å². The van der Waals surface area contributed by atoms with E-state index in [-0.39, 0.29) is 18.2 Å². The van der Waals surface area contributed by atoms with E-state index in [9.17, 15) is 17.8 Å². The zero-order chi connectivity index (χ0) is 14.9. The smallest absolute Gasteiger partial charge is 0.220 e. The van der Waals surface area contributed by atoms with Crippen LogP contribution in [0.15, 0.2) is 0 Å². The Kier molecular flexibility index (Phi) is 7.68. The molecule has 0 aliphatic carbocycles. The molecule has 0 aliphatic heterocycles. The number of carbonyl (C=O) groups is 1. The first-order chi connectivity index (χ1) is 8.66. The second-order valence-electron chi connectivity index (χ2n) is 5.08. The molecule has 0 aromatic heterocycles. The van der Waals surface area contributed by atoms with Gasteiger partial charge in [0.2, 0.25) is 5.91 Å². The van der Waals surface area contributed by atoms with E-state index >= 15 is 0 Å². The lowest BCUT2D eigenvalue weighted by Crippen LogP contribution is -2.42. The highest BCUT2D eigenvalue weighted by atomic mass is 32.2. The Hall–Kier alpha value is -1.10. The summed E-state index contributed by atoms with van der Waals surface area (Å²) in [5, 5.41) is 2.58. The quantitative estimate of drug-likeness (QED) is 0.353. The Morgan fingerprint density at radius 3 is 2.42 bits per heavy atom. The highest BCUT2D eigenvalue weighted by Gasteiger charge is 2.15. The van der Waals surface area contributed by atoms with E-state index in [0.717, 1.165) is 6.54 Å². The van der Waals surface area contributed by atoms with Crippen molar-refractivity contribution in [2.75, 3.05) is 39.5 Å². The van der Waals surface area contributed by atoms with E-state index in [1.165, 1.54) is 0 Å². The zero-order valence-electron chi connectivity index (χ0n) is 11.5. The van der Waals surface area contributed by atoms with Gasteiger partial charge in [-0.2, -0.15) is 0 Å². The fraction of sp³-hybridized carbons (Fsp3) is 0.750. The predicted molar refractivity (Wildman–Crippen MR) is 72.1 cm³/mol. The average molecular weight is 290 g/mol. The number of amides is 1. The molecule has 0 rings (SSSR count). The van der Waals surface area contributed by atoms with Gasteiger partial charge >= 0.3 is 0 Å². The van der Waals surface area contributed by atoms with Gasteiger partial charge in [0.25, 0.3) is 0 Å². The summed E-state index contributed by atoms with van der Waals surface area (Å²) >= 11 is 0. The highest BCUT2D eigenvalue weighted by molar-refractivity contribution is 7.85.